The lowest BCUT2D eigenvalue weighted by Gasteiger charge is -2.42. The molecule has 4 N–H and O–H groups in total. The lowest BCUT2D eigenvalue weighted by molar-refractivity contribution is -0.133. The van der Waals surface area contributed by atoms with Crippen LogP contribution in [0.4, 0.5) is 14.5 Å². The highest BCUT2D eigenvalue weighted by molar-refractivity contribution is 7.92. The zero-order valence-corrected chi connectivity index (χ0v) is 23.1. The molecule has 2 aliphatic rings. The van der Waals surface area contributed by atoms with E-state index in [0.29, 0.717) is 12.8 Å². The maximum atomic E-state index is 13.7. The molecule has 2 aromatic carbocycles. The van der Waals surface area contributed by atoms with E-state index in [2.05, 4.69) is 10.6 Å². The summed E-state index contributed by atoms with van der Waals surface area (Å²) < 4.78 is 54.1. The van der Waals surface area contributed by atoms with Crippen molar-refractivity contribution >= 4 is 38.9 Å². The summed E-state index contributed by atoms with van der Waals surface area (Å²) in [6, 6.07) is 6.61. The van der Waals surface area contributed by atoms with Gasteiger partial charge in [0.25, 0.3) is 5.91 Å². The van der Waals surface area contributed by atoms with E-state index in [1.165, 1.54) is 18.2 Å². The van der Waals surface area contributed by atoms with Crippen molar-refractivity contribution < 1.29 is 37.0 Å². The molecule has 0 heterocycles. The number of aliphatic hydroxyl groups is 2. The number of sulfone groups is 1. The number of nitrogens with one attached hydrogen (secondary N) is 2. The highest BCUT2D eigenvalue weighted by Gasteiger charge is 2.56. The maximum Gasteiger partial charge on any atom is 0.255 e. The number of hydrogen-bond acceptors (Lipinski definition) is 6. The van der Waals surface area contributed by atoms with Crippen molar-refractivity contribution in [2.75, 3.05) is 11.9 Å². The molecule has 2 amide bonds. The van der Waals surface area contributed by atoms with Crippen molar-refractivity contribution in [2.24, 2.45) is 11.8 Å². The van der Waals surface area contributed by atoms with E-state index in [1.807, 2.05) is 0 Å². The monoisotopic (exact) mass is 584 g/mol. The quantitative estimate of drug-likeness (QED) is 0.373. The van der Waals surface area contributed by atoms with Gasteiger partial charge in [0.1, 0.15) is 0 Å². The summed E-state index contributed by atoms with van der Waals surface area (Å²) in [6.45, 7) is 3.12. The van der Waals surface area contributed by atoms with Gasteiger partial charge >= 0.3 is 0 Å². The molecule has 0 radical (unpaired) electrons. The lowest BCUT2D eigenvalue weighted by Crippen LogP contribution is -2.51. The maximum absolute atomic E-state index is 13.7. The van der Waals surface area contributed by atoms with Gasteiger partial charge in [0.2, 0.25) is 5.91 Å². The largest absolute Gasteiger partial charge is 0.389 e. The van der Waals surface area contributed by atoms with Gasteiger partial charge in [-0.05, 0) is 81.7 Å². The van der Waals surface area contributed by atoms with Crippen LogP contribution >= 0.6 is 11.6 Å². The predicted octanol–water partition coefficient (Wildman–Crippen LogP) is 3.84. The summed E-state index contributed by atoms with van der Waals surface area (Å²) in [5.41, 5.74) is -2.51. The number of halogens is 3. The number of anilines is 1. The van der Waals surface area contributed by atoms with E-state index in [9.17, 15) is 37.0 Å². The average Bonchev–Trinajstić information content (AvgIpc) is 3.00. The lowest BCUT2D eigenvalue weighted by atomic mass is 9.72. The fraction of sp³-hybridized carbons (Fsp3) is 0.481. The van der Waals surface area contributed by atoms with Gasteiger partial charge in [0, 0.05) is 23.9 Å². The number of carbonyl (C=O) groups is 2. The van der Waals surface area contributed by atoms with Gasteiger partial charge in [-0.25, -0.2) is 17.2 Å². The third kappa shape index (κ3) is 6.26. The standard InChI is InChI=1S/C27H31ClF2N2O6S/c1-26(2,35)14-31-24(33)13-27(36)16-4-5-17(27)11-19(10-16)39(37,38)23-9-15(3-7-20(23)28)25(34)32-18-6-8-21(29)22(30)12-18/h3,6-9,12,16-17,19,35-36H,4-5,10-11,13-14H2,1-2H3,(H,31,33)(H,32,34)/t16-,17?,19?,27?/m0/s1. The minimum Gasteiger partial charge on any atom is -0.389 e. The molecular formula is C27H31ClF2N2O6S. The van der Waals surface area contributed by atoms with Crippen LogP contribution in [-0.4, -0.2) is 53.4 Å². The van der Waals surface area contributed by atoms with Gasteiger partial charge in [0.15, 0.2) is 21.5 Å². The molecule has 0 aromatic heterocycles. The van der Waals surface area contributed by atoms with Crippen LogP contribution in [0, 0.1) is 23.5 Å². The Morgan fingerprint density at radius 3 is 2.31 bits per heavy atom. The Bertz CT molecular complexity index is 1380. The van der Waals surface area contributed by atoms with Crippen molar-refractivity contribution in [3.8, 4) is 0 Å². The molecule has 4 atom stereocenters. The van der Waals surface area contributed by atoms with Crippen LogP contribution in [-0.2, 0) is 14.6 Å². The average molecular weight is 585 g/mol. The van der Waals surface area contributed by atoms with Crippen molar-refractivity contribution in [3.05, 3.63) is 58.6 Å². The number of fused-ring (bicyclic) bond motifs is 2. The van der Waals surface area contributed by atoms with E-state index in [1.54, 1.807) is 13.8 Å². The first kappa shape index (κ1) is 29.4. The van der Waals surface area contributed by atoms with Gasteiger partial charge in [0.05, 0.1) is 32.8 Å². The van der Waals surface area contributed by atoms with Crippen LogP contribution in [0.2, 0.25) is 5.02 Å². The molecule has 2 aliphatic carbocycles. The molecule has 2 saturated carbocycles. The van der Waals surface area contributed by atoms with Gasteiger partial charge in [-0.1, -0.05) is 11.6 Å². The predicted molar refractivity (Wildman–Crippen MR) is 141 cm³/mol. The van der Waals surface area contributed by atoms with Crippen molar-refractivity contribution in [2.45, 2.75) is 67.3 Å². The molecule has 0 spiro atoms. The number of hydrogen-bond donors (Lipinski definition) is 4. The van der Waals surface area contributed by atoms with Crippen LogP contribution in [0.5, 0.6) is 0 Å². The molecule has 0 saturated heterocycles. The highest BCUT2D eigenvalue weighted by atomic mass is 35.5. The van der Waals surface area contributed by atoms with Crippen LogP contribution < -0.4 is 10.6 Å². The van der Waals surface area contributed by atoms with E-state index in [0.717, 1.165) is 18.2 Å². The first-order valence-corrected chi connectivity index (χ1v) is 14.5. The Hall–Kier alpha value is -2.60. The summed E-state index contributed by atoms with van der Waals surface area (Å²) in [7, 11) is -4.03. The second kappa shape index (κ2) is 10.8. The molecule has 2 fully saturated rings. The molecule has 4 rings (SSSR count). The molecule has 2 aromatic rings. The first-order chi connectivity index (χ1) is 18.1. The Labute approximate surface area is 230 Å². The molecule has 2 bridgehead atoms. The zero-order chi connectivity index (χ0) is 28.8. The van der Waals surface area contributed by atoms with E-state index >= 15 is 0 Å². The second-order valence-corrected chi connectivity index (χ2v) is 13.7. The summed E-state index contributed by atoms with van der Waals surface area (Å²) in [6.07, 6.45) is 1.18. The molecule has 8 nitrogen and oxygen atoms in total. The number of amides is 2. The van der Waals surface area contributed by atoms with Crippen molar-refractivity contribution in [1.82, 2.24) is 5.32 Å². The Kier molecular flexibility index (Phi) is 8.11. The van der Waals surface area contributed by atoms with Crippen LogP contribution in [0.1, 0.15) is 56.3 Å². The molecule has 39 heavy (non-hydrogen) atoms. The first-order valence-electron chi connectivity index (χ1n) is 12.6. The highest BCUT2D eigenvalue weighted by Crippen LogP contribution is 2.53. The molecule has 0 aliphatic heterocycles. The minimum absolute atomic E-state index is 0.00649. The van der Waals surface area contributed by atoms with Gasteiger partial charge in [-0.3, -0.25) is 9.59 Å². The molecular weight excluding hydrogens is 554 g/mol. The summed E-state index contributed by atoms with van der Waals surface area (Å²) >= 11 is 6.26. The third-order valence-electron chi connectivity index (χ3n) is 7.65. The normalized spacial score (nSPS) is 24.8. The molecule has 12 heteroatoms. The van der Waals surface area contributed by atoms with E-state index in [4.69, 9.17) is 11.6 Å². The molecule has 3 unspecified atom stereocenters. The molecule has 212 valence electrons. The third-order valence-corrected chi connectivity index (χ3v) is 10.3. The number of benzene rings is 2. The SMILES string of the molecule is CC(C)(O)CNC(=O)CC1(O)C2CC[C@H]1CC(S(=O)(=O)c1cc(C(=O)Nc3ccc(F)c(F)c3)ccc1Cl)C2. The van der Waals surface area contributed by atoms with Crippen LogP contribution in [0.3, 0.4) is 0 Å². The second-order valence-electron chi connectivity index (χ2n) is 11.1. The summed E-state index contributed by atoms with van der Waals surface area (Å²) in [5.74, 6) is -4.22. The van der Waals surface area contributed by atoms with Crippen LogP contribution in [0.15, 0.2) is 41.3 Å². The number of rotatable bonds is 8. The smallest absolute Gasteiger partial charge is 0.255 e. The Morgan fingerprint density at radius 2 is 1.72 bits per heavy atom. The summed E-state index contributed by atoms with van der Waals surface area (Å²) in [5, 5.41) is 25.3. The van der Waals surface area contributed by atoms with Gasteiger partial charge in [-0.2, -0.15) is 0 Å². The summed E-state index contributed by atoms with van der Waals surface area (Å²) in [4.78, 5) is 25.0. The van der Waals surface area contributed by atoms with E-state index < -0.39 is 61.6 Å². The van der Waals surface area contributed by atoms with Gasteiger partial charge < -0.3 is 20.8 Å². The van der Waals surface area contributed by atoms with Crippen molar-refractivity contribution in [1.29, 1.82) is 0 Å². The topological polar surface area (TPSA) is 133 Å². The van der Waals surface area contributed by atoms with Crippen LogP contribution in [0.25, 0.3) is 0 Å². The number of carbonyl (C=O) groups excluding carboxylic acids is 2. The zero-order valence-electron chi connectivity index (χ0n) is 21.5. The minimum atomic E-state index is -4.03. The fourth-order valence-corrected chi connectivity index (χ4v) is 8.01. The van der Waals surface area contributed by atoms with Crippen molar-refractivity contribution in [3.63, 3.8) is 0 Å². The Morgan fingerprint density at radius 1 is 1.08 bits per heavy atom. The fourth-order valence-electron chi connectivity index (χ4n) is 5.61. The Balaban J connectivity index is 1.51. The van der Waals surface area contributed by atoms with Gasteiger partial charge in [-0.15, -0.1) is 0 Å². The van der Waals surface area contributed by atoms with E-state index in [-0.39, 0.29) is 47.0 Å².